The minimum atomic E-state index is -0.214. The molecular formula is C15H12ClN3OS. The highest BCUT2D eigenvalue weighted by Crippen LogP contribution is 2.22. The summed E-state index contributed by atoms with van der Waals surface area (Å²) >= 11 is 7.50. The minimum absolute atomic E-state index is 0.214. The molecule has 2 heterocycles. The van der Waals surface area contributed by atoms with Gasteiger partial charge in [0.15, 0.2) is 5.69 Å². The third kappa shape index (κ3) is 3.32. The van der Waals surface area contributed by atoms with E-state index in [0.29, 0.717) is 17.3 Å². The van der Waals surface area contributed by atoms with Crippen LogP contribution in [0.3, 0.4) is 0 Å². The van der Waals surface area contributed by atoms with E-state index < -0.39 is 0 Å². The van der Waals surface area contributed by atoms with Crippen molar-refractivity contribution < 1.29 is 4.79 Å². The van der Waals surface area contributed by atoms with Crippen molar-refractivity contribution in [2.75, 3.05) is 0 Å². The van der Waals surface area contributed by atoms with Gasteiger partial charge < -0.3 is 5.32 Å². The van der Waals surface area contributed by atoms with Crippen LogP contribution < -0.4 is 5.32 Å². The SMILES string of the molecule is O=C(NCc1cccc(Cl)c1)c1cc(-c2cccs2)[nH]n1. The molecule has 0 unspecified atom stereocenters. The van der Waals surface area contributed by atoms with Crippen molar-refractivity contribution in [3.63, 3.8) is 0 Å². The van der Waals surface area contributed by atoms with E-state index in [0.717, 1.165) is 16.1 Å². The predicted molar refractivity (Wildman–Crippen MR) is 84.5 cm³/mol. The van der Waals surface area contributed by atoms with Crippen molar-refractivity contribution in [2.45, 2.75) is 6.54 Å². The number of aromatic amines is 1. The maximum atomic E-state index is 12.1. The lowest BCUT2D eigenvalue weighted by Gasteiger charge is -2.03. The fraction of sp³-hybridized carbons (Fsp3) is 0.0667. The van der Waals surface area contributed by atoms with Crippen LogP contribution >= 0.6 is 22.9 Å². The van der Waals surface area contributed by atoms with Crippen LogP contribution in [0.2, 0.25) is 5.02 Å². The molecule has 0 radical (unpaired) electrons. The third-order valence-corrected chi connectivity index (χ3v) is 4.08. The summed E-state index contributed by atoms with van der Waals surface area (Å²) in [6, 6.07) is 13.1. The number of amides is 1. The van der Waals surface area contributed by atoms with E-state index in [1.54, 1.807) is 23.5 Å². The van der Waals surface area contributed by atoms with E-state index in [-0.39, 0.29) is 5.91 Å². The standard InChI is InChI=1S/C15H12ClN3OS/c16-11-4-1-3-10(7-11)9-17-15(20)13-8-12(18-19-13)14-5-2-6-21-14/h1-8H,9H2,(H,17,20)(H,18,19). The number of carbonyl (C=O) groups is 1. The summed E-state index contributed by atoms with van der Waals surface area (Å²) in [4.78, 5) is 13.1. The largest absolute Gasteiger partial charge is 0.347 e. The quantitative estimate of drug-likeness (QED) is 0.770. The van der Waals surface area contributed by atoms with Gasteiger partial charge in [-0.1, -0.05) is 29.8 Å². The van der Waals surface area contributed by atoms with Gasteiger partial charge in [0.25, 0.3) is 5.91 Å². The Hall–Kier alpha value is -2.11. The Morgan fingerprint density at radius 3 is 2.95 bits per heavy atom. The van der Waals surface area contributed by atoms with Crippen LogP contribution in [-0.2, 0) is 6.54 Å². The molecule has 0 saturated carbocycles. The van der Waals surface area contributed by atoms with Crippen molar-refractivity contribution in [2.24, 2.45) is 0 Å². The maximum Gasteiger partial charge on any atom is 0.272 e. The lowest BCUT2D eigenvalue weighted by Crippen LogP contribution is -2.23. The van der Waals surface area contributed by atoms with Gasteiger partial charge in [-0.05, 0) is 35.2 Å². The summed E-state index contributed by atoms with van der Waals surface area (Å²) in [6.45, 7) is 0.417. The van der Waals surface area contributed by atoms with Crippen LogP contribution in [-0.4, -0.2) is 16.1 Å². The van der Waals surface area contributed by atoms with Crippen LogP contribution in [0, 0.1) is 0 Å². The van der Waals surface area contributed by atoms with E-state index >= 15 is 0 Å². The average molecular weight is 318 g/mol. The molecule has 21 heavy (non-hydrogen) atoms. The Bertz CT molecular complexity index is 752. The monoisotopic (exact) mass is 317 g/mol. The van der Waals surface area contributed by atoms with Gasteiger partial charge >= 0.3 is 0 Å². The highest BCUT2D eigenvalue weighted by molar-refractivity contribution is 7.13. The second-order valence-corrected chi connectivity index (χ2v) is 5.84. The lowest BCUT2D eigenvalue weighted by molar-refractivity contribution is 0.0946. The number of hydrogen-bond acceptors (Lipinski definition) is 3. The van der Waals surface area contributed by atoms with Crippen LogP contribution in [0.4, 0.5) is 0 Å². The molecule has 0 spiro atoms. The number of hydrogen-bond donors (Lipinski definition) is 2. The first-order valence-corrected chi connectivity index (χ1v) is 7.60. The molecule has 6 heteroatoms. The normalized spacial score (nSPS) is 10.5. The number of benzene rings is 1. The Balaban J connectivity index is 1.66. The smallest absolute Gasteiger partial charge is 0.272 e. The molecule has 2 aromatic heterocycles. The molecule has 0 fully saturated rings. The molecule has 2 N–H and O–H groups in total. The maximum absolute atomic E-state index is 12.1. The number of H-pyrrole nitrogens is 1. The van der Waals surface area contributed by atoms with Crippen molar-refractivity contribution in [1.29, 1.82) is 0 Å². The van der Waals surface area contributed by atoms with Crippen LogP contribution in [0.5, 0.6) is 0 Å². The topological polar surface area (TPSA) is 57.8 Å². The van der Waals surface area contributed by atoms with E-state index in [4.69, 9.17) is 11.6 Å². The van der Waals surface area contributed by atoms with E-state index in [1.807, 2.05) is 35.7 Å². The van der Waals surface area contributed by atoms with Crippen molar-refractivity contribution >= 4 is 28.8 Å². The molecule has 4 nitrogen and oxygen atoms in total. The van der Waals surface area contributed by atoms with Gasteiger partial charge in [-0.25, -0.2) is 0 Å². The van der Waals surface area contributed by atoms with Gasteiger partial charge in [-0.3, -0.25) is 9.89 Å². The minimum Gasteiger partial charge on any atom is -0.347 e. The van der Waals surface area contributed by atoms with E-state index in [2.05, 4.69) is 15.5 Å². The molecule has 0 bridgehead atoms. The molecule has 0 aliphatic heterocycles. The summed E-state index contributed by atoms with van der Waals surface area (Å²) in [7, 11) is 0. The number of halogens is 1. The van der Waals surface area contributed by atoms with Gasteiger partial charge in [0.1, 0.15) is 0 Å². The first-order valence-electron chi connectivity index (χ1n) is 6.34. The van der Waals surface area contributed by atoms with Gasteiger partial charge in [0.2, 0.25) is 0 Å². The second-order valence-electron chi connectivity index (χ2n) is 4.46. The van der Waals surface area contributed by atoms with Crippen molar-refractivity contribution in [3.05, 3.63) is 64.1 Å². The zero-order valence-electron chi connectivity index (χ0n) is 11.0. The highest BCUT2D eigenvalue weighted by Gasteiger charge is 2.11. The van der Waals surface area contributed by atoms with Crippen LogP contribution in [0.1, 0.15) is 16.1 Å². The Labute approximate surface area is 130 Å². The lowest BCUT2D eigenvalue weighted by atomic mass is 10.2. The molecular weight excluding hydrogens is 306 g/mol. The zero-order chi connectivity index (χ0) is 14.7. The fourth-order valence-corrected chi connectivity index (χ4v) is 2.82. The molecule has 3 aromatic rings. The molecule has 106 valence electrons. The highest BCUT2D eigenvalue weighted by atomic mass is 35.5. The Morgan fingerprint density at radius 2 is 2.19 bits per heavy atom. The number of aromatic nitrogens is 2. The van der Waals surface area contributed by atoms with Gasteiger partial charge in [-0.15, -0.1) is 11.3 Å². The summed E-state index contributed by atoms with van der Waals surface area (Å²) in [6.07, 6.45) is 0. The van der Waals surface area contributed by atoms with Crippen LogP contribution in [0.15, 0.2) is 47.8 Å². The molecule has 0 aliphatic carbocycles. The molecule has 0 aliphatic rings. The molecule has 1 amide bonds. The average Bonchev–Trinajstić information content (AvgIpc) is 3.15. The Kier molecular flexibility index (Phi) is 4.03. The number of nitrogens with one attached hydrogen (secondary N) is 2. The first-order chi connectivity index (χ1) is 10.2. The van der Waals surface area contributed by atoms with E-state index in [9.17, 15) is 4.79 Å². The summed E-state index contributed by atoms with van der Waals surface area (Å²) < 4.78 is 0. The first kappa shape index (κ1) is 13.9. The van der Waals surface area contributed by atoms with Crippen LogP contribution in [0.25, 0.3) is 10.6 Å². The fourth-order valence-electron chi connectivity index (χ4n) is 1.92. The molecule has 1 aromatic carbocycles. The number of rotatable bonds is 4. The number of thiophene rings is 1. The molecule has 0 atom stereocenters. The van der Waals surface area contributed by atoms with Crippen molar-refractivity contribution in [3.8, 4) is 10.6 Å². The second kappa shape index (κ2) is 6.11. The summed E-state index contributed by atoms with van der Waals surface area (Å²) in [5, 5.41) is 12.4. The predicted octanol–water partition coefficient (Wildman–Crippen LogP) is 3.72. The van der Waals surface area contributed by atoms with Gasteiger partial charge in [0, 0.05) is 11.6 Å². The number of carbonyl (C=O) groups excluding carboxylic acids is 1. The van der Waals surface area contributed by atoms with Crippen molar-refractivity contribution in [1.82, 2.24) is 15.5 Å². The Morgan fingerprint density at radius 1 is 1.29 bits per heavy atom. The summed E-state index contributed by atoms with van der Waals surface area (Å²) in [5.74, 6) is -0.214. The van der Waals surface area contributed by atoms with Gasteiger partial charge in [-0.2, -0.15) is 5.10 Å². The zero-order valence-corrected chi connectivity index (χ0v) is 12.5. The molecule has 0 saturated heterocycles. The third-order valence-electron chi connectivity index (χ3n) is 2.94. The summed E-state index contributed by atoms with van der Waals surface area (Å²) in [5.41, 5.74) is 2.17. The van der Waals surface area contributed by atoms with E-state index in [1.165, 1.54) is 0 Å². The number of nitrogens with zero attached hydrogens (tertiary/aromatic N) is 1. The molecule has 3 rings (SSSR count). The van der Waals surface area contributed by atoms with Gasteiger partial charge in [0.05, 0.1) is 10.6 Å².